The van der Waals surface area contributed by atoms with Crippen molar-refractivity contribution < 1.29 is 9.50 Å². The van der Waals surface area contributed by atoms with E-state index in [1.54, 1.807) is 19.2 Å². The molecule has 0 bridgehead atoms. The first kappa shape index (κ1) is 16.2. The van der Waals surface area contributed by atoms with Crippen LogP contribution in [0.5, 0.6) is 0 Å². The van der Waals surface area contributed by atoms with Crippen molar-refractivity contribution in [1.82, 2.24) is 9.55 Å². The van der Waals surface area contributed by atoms with Gasteiger partial charge in [-0.05, 0) is 36.7 Å². The lowest BCUT2D eigenvalue weighted by atomic mass is 9.99. The van der Waals surface area contributed by atoms with Crippen LogP contribution in [0.1, 0.15) is 32.7 Å². The topological polar surface area (TPSA) is 58.4 Å². The number of aliphatic hydroxyl groups excluding tert-OH is 1. The Hall–Kier alpha value is -1.69. The monoisotopic (exact) mass is 321 g/mol. The van der Waals surface area contributed by atoms with Crippen LogP contribution in [0.4, 0.5) is 10.2 Å². The number of allylic oxidation sites excluding steroid dienone is 1. The van der Waals surface area contributed by atoms with Crippen molar-refractivity contribution in [3.8, 4) is 0 Å². The molecule has 126 valence electrons. The predicted molar refractivity (Wildman–Crippen MR) is 87.1 cm³/mol. The normalized spacial score (nSPS) is 34.3. The summed E-state index contributed by atoms with van der Waals surface area (Å²) in [5.41, 5.74) is 0.529. The SMILES string of the molecule is C=C1C(C)CCN1c1ccn([C@@H]2C[C@H](CO)C(C)[C@@H]2F)c(=O)n1. The number of hydrogen-bond donors (Lipinski definition) is 1. The Labute approximate surface area is 135 Å². The van der Waals surface area contributed by atoms with Gasteiger partial charge in [0.15, 0.2) is 0 Å². The van der Waals surface area contributed by atoms with Gasteiger partial charge in [0.25, 0.3) is 0 Å². The van der Waals surface area contributed by atoms with Crippen LogP contribution in [0.25, 0.3) is 0 Å². The number of halogens is 1. The first-order chi connectivity index (χ1) is 10.9. The first-order valence-electron chi connectivity index (χ1n) is 8.24. The largest absolute Gasteiger partial charge is 0.396 e. The van der Waals surface area contributed by atoms with Crippen molar-refractivity contribution in [2.24, 2.45) is 17.8 Å². The average Bonchev–Trinajstić information content (AvgIpc) is 3.01. The minimum atomic E-state index is -1.14. The molecule has 0 spiro atoms. The summed E-state index contributed by atoms with van der Waals surface area (Å²) >= 11 is 0. The number of anilines is 1. The van der Waals surface area contributed by atoms with Gasteiger partial charge in [-0.2, -0.15) is 4.98 Å². The van der Waals surface area contributed by atoms with E-state index in [0.717, 1.165) is 18.7 Å². The molecule has 1 aliphatic carbocycles. The first-order valence-corrected chi connectivity index (χ1v) is 8.24. The molecule has 2 heterocycles. The van der Waals surface area contributed by atoms with Gasteiger partial charge in [-0.15, -0.1) is 0 Å². The smallest absolute Gasteiger partial charge is 0.349 e. The summed E-state index contributed by atoms with van der Waals surface area (Å²) in [7, 11) is 0. The van der Waals surface area contributed by atoms with Crippen LogP contribution in [0.2, 0.25) is 0 Å². The quantitative estimate of drug-likeness (QED) is 0.926. The van der Waals surface area contributed by atoms with Crippen LogP contribution in [-0.2, 0) is 0 Å². The van der Waals surface area contributed by atoms with Gasteiger partial charge < -0.3 is 10.0 Å². The molecule has 1 aliphatic heterocycles. The van der Waals surface area contributed by atoms with Crippen molar-refractivity contribution in [2.45, 2.75) is 38.9 Å². The summed E-state index contributed by atoms with van der Waals surface area (Å²) in [6.07, 6.45) is 1.95. The Bertz CT molecular complexity index is 659. The average molecular weight is 321 g/mol. The molecule has 23 heavy (non-hydrogen) atoms. The van der Waals surface area contributed by atoms with Crippen molar-refractivity contribution >= 4 is 5.82 Å². The fraction of sp³-hybridized carbons (Fsp3) is 0.647. The van der Waals surface area contributed by atoms with E-state index in [-0.39, 0.29) is 18.4 Å². The highest BCUT2D eigenvalue weighted by molar-refractivity contribution is 5.46. The number of rotatable bonds is 3. The molecule has 1 N–H and O–H groups in total. The van der Waals surface area contributed by atoms with Crippen LogP contribution < -0.4 is 10.6 Å². The molecule has 5 atom stereocenters. The van der Waals surface area contributed by atoms with E-state index in [9.17, 15) is 14.3 Å². The van der Waals surface area contributed by atoms with Crippen molar-refractivity contribution in [3.63, 3.8) is 0 Å². The molecule has 0 amide bonds. The fourth-order valence-electron chi connectivity index (χ4n) is 3.74. The number of alkyl halides is 1. The maximum Gasteiger partial charge on any atom is 0.349 e. The molecule has 2 aliphatic rings. The Balaban J connectivity index is 1.86. The molecule has 6 heteroatoms. The summed E-state index contributed by atoms with van der Waals surface area (Å²) < 4.78 is 15.9. The highest BCUT2D eigenvalue weighted by atomic mass is 19.1. The zero-order valence-electron chi connectivity index (χ0n) is 13.7. The summed E-state index contributed by atoms with van der Waals surface area (Å²) in [4.78, 5) is 18.5. The zero-order valence-corrected chi connectivity index (χ0v) is 13.7. The third kappa shape index (κ3) is 2.69. The molecule has 1 saturated heterocycles. The van der Waals surface area contributed by atoms with Crippen LogP contribution >= 0.6 is 0 Å². The van der Waals surface area contributed by atoms with Crippen molar-refractivity contribution in [1.29, 1.82) is 0 Å². The van der Waals surface area contributed by atoms with Crippen molar-refractivity contribution in [2.75, 3.05) is 18.1 Å². The third-order valence-electron chi connectivity index (χ3n) is 5.54. The molecule has 2 fully saturated rings. The number of aromatic nitrogens is 2. The van der Waals surface area contributed by atoms with E-state index < -0.39 is 17.9 Å². The second kappa shape index (κ2) is 6.07. The predicted octanol–water partition coefficient (Wildman–Crippen LogP) is 2.13. The third-order valence-corrected chi connectivity index (χ3v) is 5.54. The van der Waals surface area contributed by atoms with E-state index in [0.29, 0.717) is 18.2 Å². The van der Waals surface area contributed by atoms with Crippen LogP contribution in [0.3, 0.4) is 0 Å². The van der Waals surface area contributed by atoms with Gasteiger partial charge in [0.2, 0.25) is 0 Å². The summed E-state index contributed by atoms with van der Waals surface area (Å²) in [6.45, 7) is 8.69. The summed E-state index contributed by atoms with van der Waals surface area (Å²) in [5, 5.41) is 9.34. The maximum atomic E-state index is 14.5. The Kier molecular flexibility index (Phi) is 4.27. The Morgan fingerprint density at radius 3 is 2.74 bits per heavy atom. The van der Waals surface area contributed by atoms with Gasteiger partial charge in [-0.1, -0.05) is 20.4 Å². The fourth-order valence-corrected chi connectivity index (χ4v) is 3.74. The maximum absolute atomic E-state index is 14.5. The summed E-state index contributed by atoms with van der Waals surface area (Å²) in [6, 6.07) is 1.21. The minimum absolute atomic E-state index is 0.0517. The second-order valence-electron chi connectivity index (χ2n) is 6.86. The van der Waals surface area contributed by atoms with E-state index in [4.69, 9.17) is 0 Å². The lowest BCUT2D eigenvalue weighted by Crippen LogP contribution is -2.32. The molecule has 1 aromatic heterocycles. The highest BCUT2D eigenvalue weighted by Crippen LogP contribution is 2.40. The number of hydrogen-bond acceptors (Lipinski definition) is 4. The van der Waals surface area contributed by atoms with Gasteiger partial charge in [-0.3, -0.25) is 4.57 Å². The molecule has 2 unspecified atom stereocenters. The molecular weight excluding hydrogens is 297 g/mol. The number of nitrogens with zero attached hydrogens (tertiary/aromatic N) is 3. The minimum Gasteiger partial charge on any atom is -0.396 e. The van der Waals surface area contributed by atoms with E-state index in [2.05, 4.69) is 18.5 Å². The highest BCUT2D eigenvalue weighted by Gasteiger charge is 2.42. The van der Waals surface area contributed by atoms with Crippen LogP contribution in [0.15, 0.2) is 29.3 Å². The van der Waals surface area contributed by atoms with Crippen molar-refractivity contribution in [3.05, 3.63) is 35.0 Å². The molecule has 5 nitrogen and oxygen atoms in total. The summed E-state index contributed by atoms with van der Waals surface area (Å²) in [5.74, 6) is 0.604. The number of aliphatic hydroxyl groups is 1. The second-order valence-corrected chi connectivity index (χ2v) is 6.86. The molecule has 0 radical (unpaired) electrons. The van der Waals surface area contributed by atoms with Gasteiger partial charge >= 0.3 is 5.69 Å². The van der Waals surface area contributed by atoms with Gasteiger partial charge in [0, 0.05) is 25.0 Å². The van der Waals surface area contributed by atoms with Gasteiger partial charge in [-0.25, -0.2) is 9.18 Å². The Morgan fingerprint density at radius 1 is 1.48 bits per heavy atom. The lowest BCUT2D eigenvalue weighted by Gasteiger charge is -2.21. The van der Waals surface area contributed by atoms with Crippen LogP contribution in [0, 0.1) is 17.8 Å². The van der Waals surface area contributed by atoms with Gasteiger partial charge in [0.1, 0.15) is 12.0 Å². The van der Waals surface area contributed by atoms with Crippen LogP contribution in [-0.4, -0.2) is 34.0 Å². The van der Waals surface area contributed by atoms with Gasteiger partial charge in [0.05, 0.1) is 6.04 Å². The molecule has 1 saturated carbocycles. The lowest BCUT2D eigenvalue weighted by molar-refractivity contribution is 0.165. The molecule has 1 aromatic rings. The molecule has 0 aromatic carbocycles. The van der Waals surface area contributed by atoms with E-state index in [1.165, 1.54) is 4.57 Å². The molecule has 3 rings (SSSR count). The van der Waals surface area contributed by atoms with E-state index >= 15 is 0 Å². The molecular formula is C17H24FN3O2. The standard InChI is InChI=1S/C17H24FN3O2/c1-10-4-6-20(12(10)3)15-5-7-21(17(23)19-15)14-8-13(9-22)11(2)16(14)18/h5,7,10-11,13-14,16,22H,3-4,6,8-9H2,1-2H3/t10?,11?,13-,14-,16+/m1/s1. The zero-order chi connectivity index (χ0) is 16.7. The van der Waals surface area contributed by atoms with E-state index in [1.807, 2.05) is 4.90 Å². The Morgan fingerprint density at radius 2 is 2.22 bits per heavy atom.